The number of piperazine rings is 1. The summed E-state index contributed by atoms with van der Waals surface area (Å²) >= 11 is 0. The maximum atomic E-state index is 9.61. The van der Waals surface area contributed by atoms with Crippen LogP contribution in [0.15, 0.2) is 18.3 Å². The van der Waals surface area contributed by atoms with Crippen molar-refractivity contribution in [1.29, 1.82) is 0 Å². The second-order valence-corrected chi connectivity index (χ2v) is 5.24. The maximum absolute atomic E-state index is 9.61. The van der Waals surface area contributed by atoms with Crippen LogP contribution in [0.25, 0.3) is 0 Å². The van der Waals surface area contributed by atoms with Gasteiger partial charge in [0.05, 0.1) is 6.10 Å². The summed E-state index contributed by atoms with van der Waals surface area (Å²) in [6.45, 7) is 10.4. The van der Waals surface area contributed by atoms with Crippen molar-refractivity contribution < 1.29 is 5.11 Å². The summed E-state index contributed by atoms with van der Waals surface area (Å²) in [5, 5.41) is 9.61. The van der Waals surface area contributed by atoms with E-state index in [0.717, 1.165) is 37.6 Å². The summed E-state index contributed by atoms with van der Waals surface area (Å²) in [6.07, 6.45) is 1.36. The third kappa shape index (κ3) is 3.00. The van der Waals surface area contributed by atoms with Gasteiger partial charge in [0.25, 0.3) is 0 Å². The third-order valence-corrected chi connectivity index (χ3v) is 3.62. The van der Waals surface area contributed by atoms with E-state index in [1.165, 1.54) is 0 Å². The van der Waals surface area contributed by atoms with E-state index in [1.807, 2.05) is 12.1 Å². The number of hydrogen-bond acceptors (Lipinski definition) is 4. The normalized spacial score (nSPS) is 19.3. The number of nitrogens with zero attached hydrogens (tertiary/aromatic N) is 3. The van der Waals surface area contributed by atoms with Crippen LogP contribution in [0, 0.1) is 0 Å². The lowest BCUT2D eigenvalue weighted by molar-refractivity contribution is 0.199. The molecule has 0 spiro atoms. The number of aliphatic hydroxyl groups excluding tert-OH is 1. The fourth-order valence-corrected chi connectivity index (χ4v) is 2.33. The van der Waals surface area contributed by atoms with E-state index >= 15 is 0 Å². The molecular weight excluding hydrogens is 226 g/mol. The molecule has 0 bridgehead atoms. The zero-order valence-corrected chi connectivity index (χ0v) is 11.5. The fraction of sp³-hybridized carbons (Fsp3) is 0.643. The Hall–Kier alpha value is -1.13. The van der Waals surface area contributed by atoms with Gasteiger partial charge in [-0.15, -0.1) is 0 Å². The molecule has 2 rings (SSSR count). The quantitative estimate of drug-likeness (QED) is 0.884. The van der Waals surface area contributed by atoms with Crippen LogP contribution in [0.3, 0.4) is 0 Å². The lowest BCUT2D eigenvalue weighted by Crippen LogP contribution is -2.49. The van der Waals surface area contributed by atoms with Crippen LogP contribution in [-0.4, -0.2) is 47.2 Å². The molecule has 4 nitrogen and oxygen atoms in total. The Morgan fingerprint density at radius 1 is 1.17 bits per heavy atom. The number of pyridine rings is 1. The highest BCUT2D eigenvalue weighted by atomic mass is 16.3. The average molecular weight is 249 g/mol. The van der Waals surface area contributed by atoms with Gasteiger partial charge in [-0.05, 0) is 38.5 Å². The molecule has 1 saturated heterocycles. The van der Waals surface area contributed by atoms with E-state index in [1.54, 1.807) is 13.1 Å². The highest BCUT2D eigenvalue weighted by molar-refractivity contribution is 5.42. The summed E-state index contributed by atoms with van der Waals surface area (Å²) in [6, 6.07) is 4.48. The molecule has 2 heterocycles. The molecular formula is C14H23N3O. The minimum atomic E-state index is -0.427. The number of hydrogen-bond donors (Lipinski definition) is 1. The van der Waals surface area contributed by atoms with Gasteiger partial charge < -0.3 is 10.0 Å². The zero-order valence-electron chi connectivity index (χ0n) is 11.5. The van der Waals surface area contributed by atoms with Gasteiger partial charge in [0.1, 0.15) is 5.82 Å². The van der Waals surface area contributed by atoms with Crippen molar-refractivity contribution in [3.63, 3.8) is 0 Å². The average Bonchev–Trinajstić information content (AvgIpc) is 2.39. The van der Waals surface area contributed by atoms with E-state index in [0.29, 0.717) is 6.04 Å². The number of anilines is 1. The summed E-state index contributed by atoms with van der Waals surface area (Å²) in [5.41, 5.74) is 0.936. The molecule has 1 aromatic rings. The van der Waals surface area contributed by atoms with Gasteiger partial charge in [-0.1, -0.05) is 0 Å². The largest absolute Gasteiger partial charge is 0.389 e. The van der Waals surface area contributed by atoms with Crippen molar-refractivity contribution in [3.05, 3.63) is 23.9 Å². The summed E-state index contributed by atoms with van der Waals surface area (Å²) < 4.78 is 0. The van der Waals surface area contributed by atoms with Crippen LogP contribution in [0.1, 0.15) is 32.4 Å². The predicted octanol–water partition coefficient (Wildman–Crippen LogP) is 1.67. The van der Waals surface area contributed by atoms with Crippen LogP contribution in [0.2, 0.25) is 0 Å². The molecule has 0 radical (unpaired) electrons. The number of aliphatic hydroxyl groups is 1. The first kappa shape index (κ1) is 13.3. The van der Waals surface area contributed by atoms with Gasteiger partial charge >= 0.3 is 0 Å². The van der Waals surface area contributed by atoms with Gasteiger partial charge in [-0.2, -0.15) is 0 Å². The topological polar surface area (TPSA) is 39.6 Å². The van der Waals surface area contributed by atoms with Crippen LogP contribution in [0.5, 0.6) is 0 Å². The molecule has 1 N–H and O–H groups in total. The zero-order chi connectivity index (χ0) is 13.1. The molecule has 1 aliphatic rings. The Kier molecular flexibility index (Phi) is 4.19. The van der Waals surface area contributed by atoms with Crippen LogP contribution >= 0.6 is 0 Å². The lowest BCUT2D eigenvalue weighted by atomic mass is 10.1. The van der Waals surface area contributed by atoms with E-state index in [4.69, 9.17) is 0 Å². The molecule has 18 heavy (non-hydrogen) atoms. The summed E-state index contributed by atoms with van der Waals surface area (Å²) in [5.74, 6) is 0.983. The molecule has 0 aromatic carbocycles. The molecule has 1 aromatic heterocycles. The highest BCUT2D eigenvalue weighted by Gasteiger charge is 2.19. The lowest BCUT2D eigenvalue weighted by Gasteiger charge is -2.37. The van der Waals surface area contributed by atoms with E-state index < -0.39 is 6.10 Å². The van der Waals surface area contributed by atoms with E-state index in [2.05, 4.69) is 28.6 Å². The molecule has 0 amide bonds. The minimum Gasteiger partial charge on any atom is -0.389 e. The summed E-state index contributed by atoms with van der Waals surface area (Å²) in [7, 11) is 0. The first-order valence-corrected chi connectivity index (χ1v) is 6.71. The van der Waals surface area contributed by atoms with Crippen molar-refractivity contribution in [1.82, 2.24) is 9.88 Å². The van der Waals surface area contributed by atoms with E-state index in [9.17, 15) is 5.11 Å². The van der Waals surface area contributed by atoms with Crippen LogP contribution in [-0.2, 0) is 0 Å². The van der Waals surface area contributed by atoms with Gasteiger partial charge in [0, 0.05) is 38.4 Å². The molecule has 1 fully saturated rings. The highest BCUT2D eigenvalue weighted by Crippen LogP contribution is 2.19. The Balaban J connectivity index is 2.03. The Morgan fingerprint density at radius 3 is 2.39 bits per heavy atom. The molecule has 0 unspecified atom stereocenters. The number of aromatic nitrogens is 1. The maximum Gasteiger partial charge on any atom is 0.128 e. The second-order valence-electron chi connectivity index (χ2n) is 5.24. The number of rotatable bonds is 3. The smallest absolute Gasteiger partial charge is 0.128 e. The van der Waals surface area contributed by atoms with E-state index in [-0.39, 0.29) is 0 Å². The molecule has 1 aliphatic heterocycles. The van der Waals surface area contributed by atoms with Crippen molar-refractivity contribution >= 4 is 5.82 Å². The Labute approximate surface area is 109 Å². The molecule has 4 heteroatoms. The molecule has 0 aliphatic carbocycles. The Bertz CT molecular complexity index is 384. The van der Waals surface area contributed by atoms with Gasteiger partial charge in [0.2, 0.25) is 0 Å². The second kappa shape index (κ2) is 5.67. The third-order valence-electron chi connectivity index (χ3n) is 3.62. The van der Waals surface area contributed by atoms with Crippen molar-refractivity contribution in [2.75, 3.05) is 31.1 Å². The molecule has 0 saturated carbocycles. The first-order chi connectivity index (χ1) is 8.58. The van der Waals surface area contributed by atoms with Crippen molar-refractivity contribution in [2.24, 2.45) is 0 Å². The minimum absolute atomic E-state index is 0.427. The fourth-order valence-electron chi connectivity index (χ4n) is 2.33. The van der Waals surface area contributed by atoms with Gasteiger partial charge in [-0.3, -0.25) is 4.90 Å². The Morgan fingerprint density at radius 2 is 1.83 bits per heavy atom. The van der Waals surface area contributed by atoms with Crippen LogP contribution < -0.4 is 4.90 Å². The first-order valence-electron chi connectivity index (χ1n) is 6.71. The van der Waals surface area contributed by atoms with Gasteiger partial charge in [0.15, 0.2) is 0 Å². The SMILES string of the molecule is CC(C)N1CCN(c2cc([C@H](C)O)ccn2)CC1. The standard InChI is InChI=1S/C14H23N3O/c1-11(2)16-6-8-17(9-7-16)14-10-13(12(3)18)4-5-15-14/h4-5,10-12,18H,6-9H2,1-3H3/t12-/m0/s1. The van der Waals surface area contributed by atoms with Crippen molar-refractivity contribution in [3.8, 4) is 0 Å². The van der Waals surface area contributed by atoms with Crippen LogP contribution in [0.4, 0.5) is 5.82 Å². The monoisotopic (exact) mass is 249 g/mol. The van der Waals surface area contributed by atoms with Crippen molar-refractivity contribution in [2.45, 2.75) is 32.9 Å². The predicted molar refractivity (Wildman–Crippen MR) is 73.8 cm³/mol. The molecule has 100 valence electrons. The summed E-state index contributed by atoms with van der Waals surface area (Å²) in [4.78, 5) is 9.19. The van der Waals surface area contributed by atoms with Gasteiger partial charge in [-0.25, -0.2) is 4.98 Å². The molecule has 1 atom stereocenters.